The van der Waals surface area contributed by atoms with Gasteiger partial charge in [-0.05, 0) is 68.0 Å². The predicted octanol–water partition coefficient (Wildman–Crippen LogP) is 6.78. The van der Waals surface area contributed by atoms with Crippen LogP contribution in [0.3, 0.4) is 0 Å². The first-order valence-corrected chi connectivity index (χ1v) is 15.8. The number of para-hydroxylation sites is 1. The van der Waals surface area contributed by atoms with Gasteiger partial charge in [-0.25, -0.2) is 9.98 Å². The Labute approximate surface area is 257 Å². The normalized spacial score (nSPS) is 13.8. The average Bonchev–Trinajstić information content (AvgIpc) is 3.45. The molecule has 2 aromatic heterocycles. The lowest BCUT2D eigenvalue weighted by Crippen LogP contribution is -2.21. The van der Waals surface area contributed by atoms with Gasteiger partial charge in [-0.15, -0.1) is 11.3 Å². The van der Waals surface area contributed by atoms with E-state index in [0.29, 0.717) is 0 Å². The van der Waals surface area contributed by atoms with E-state index in [4.69, 9.17) is 10.7 Å². The van der Waals surface area contributed by atoms with Gasteiger partial charge in [0.15, 0.2) is 12.7 Å². The number of hydrogen-bond acceptors (Lipinski definition) is 8. The summed E-state index contributed by atoms with van der Waals surface area (Å²) in [6.07, 6.45) is 6.92. The minimum absolute atomic E-state index is 0.0722. The van der Waals surface area contributed by atoms with Gasteiger partial charge in [0.1, 0.15) is 11.4 Å². The molecule has 0 saturated heterocycles. The molecule has 0 saturated carbocycles. The molecule has 8 nitrogen and oxygen atoms in total. The molecule has 0 bridgehead atoms. The van der Waals surface area contributed by atoms with Gasteiger partial charge < -0.3 is 21.1 Å². The first-order chi connectivity index (χ1) is 20.4. The highest BCUT2D eigenvalue weighted by molar-refractivity contribution is 7.20. The summed E-state index contributed by atoms with van der Waals surface area (Å²) in [5.74, 6) is 1.42. The van der Waals surface area contributed by atoms with Gasteiger partial charge in [0.25, 0.3) is 0 Å². The fourth-order valence-electron chi connectivity index (χ4n) is 4.11. The molecule has 3 aromatic rings. The van der Waals surface area contributed by atoms with E-state index in [0.717, 1.165) is 64.8 Å². The Bertz CT molecular complexity index is 1150. The average molecular weight is 600 g/mol. The molecule has 2 heterocycles. The summed E-state index contributed by atoms with van der Waals surface area (Å²) in [5.41, 5.74) is 8.50. The maximum absolute atomic E-state index is 11.2. The van der Waals surface area contributed by atoms with E-state index < -0.39 is 0 Å². The van der Waals surface area contributed by atoms with Crippen LogP contribution in [0.5, 0.6) is 0 Å². The van der Waals surface area contributed by atoms with Crippen LogP contribution in [-0.4, -0.2) is 57.4 Å². The van der Waals surface area contributed by atoms with Crippen molar-refractivity contribution in [3.63, 3.8) is 0 Å². The van der Waals surface area contributed by atoms with Crippen LogP contribution in [-0.2, 0) is 22.4 Å². The van der Waals surface area contributed by atoms with Crippen LogP contribution in [0, 0.1) is 11.8 Å². The van der Waals surface area contributed by atoms with E-state index >= 15 is 0 Å². The SMILES string of the molecule is CC.CC.CCC(C)C1CCc2nc3sc(C=O)cc3cc2C1.CNCCN.COC=NCC(=O)Nc1ccccc1. The van der Waals surface area contributed by atoms with Gasteiger partial charge in [-0.1, -0.05) is 66.2 Å². The van der Waals surface area contributed by atoms with E-state index in [1.807, 2.05) is 71.1 Å². The Hall–Kier alpha value is -3.14. The second-order valence-electron chi connectivity index (χ2n) is 9.13. The number of aromatic nitrogens is 1. The lowest BCUT2D eigenvalue weighted by atomic mass is 9.78. The first-order valence-electron chi connectivity index (χ1n) is 15.0. The molecule has 0 fully saturated rings. The molecule has 1 aliphatic rings. The topological polar surface area (TPSA) is 119 Å². The summed E-state index contributed by atoms with van der Waals surface area (Å²) < 4.78 is 4.57. The number of ether oxygens (including phenoxy) is 1. The third-order valence-corrected chi connectivity index (χ3v) is 7.33. The Morgan fingerprint density at radius 2 is 1.90 bits per heavy atom. The number of likely N-dealkylation sites (N-methyl/N-ethyl adjacent to an activating group) is 1. The molecule has 9 heteroatoms. The highest BCUT2D eigenvalue weighted by atomic mass is 32.1. The summed E-state index contributed by atoms with van der Waals surface area (Å²) in [7, 11) is 3.37. The Morgan fingerprint density at radius 1 is 1.21 bits per heavy atom. The number of benzene rings is 1. The van der Waals surface area contributed by atoms with Crippen LogP contribution < -0.4 is 16.4 Å². The monoisotopic (exact) mass is 599 g/mol. The van der Waals surface area contributed by atoms with E-state index in [1.165, 1.54) is 48.9 Å². The molecule has 0 aliphatic heterocycles. The first kappa shape index (κ1) is 38.9. The second-order valence-corrected chi connectivity index (χ2v) is 10.2. The fraction of sp³-hybridized carbons (Fsp3) is 0.515. The smallest absolute Gasteiger partial charge is 0.246 e. The number of aliphatic imine (C=N–C) groups is 1. The van der Waals surface area contributed by atoms with Crippen LogP contribution in [0.25, 0.3) is 10.2 Å². The number of hydrogen-bond donors (Lipinski definition) is 3. The lowest BCUT2D eigenvalue weighted by molar-refractivity contribution is -0.114. The number of fused-ring (bicyclic) bond motifs is 2. The third-order valence-electron chi connectivity index (χ3n) is 6.36. The zero-order chi connectivity index (χ0) is 31.8. The van der Waals surface area contributed by atoms with Gasteiger partial charge in [0.2, 0.25) is 5.91 Å². The number of nitrogens with one attached hydrogen (secondary N) is 2. The second kappa shape index (κ2) is 24.5. The number of carbonyl (C=O) groups excluding carboxylic acids is 2. The van der Waals surface area contributed by atoms with Gasteiger partial charge in [0, 0.05) is 29.9 Å². The molecule has 42 heavy (non-hydrogen) atoms. The molecule has 0 radical (unpaired) electrons. The largest absolute Gasteiger partial charge is 0.487 e. The van der Waals surface area contributed by atoms with Gasteiger partial charge >= 0.3 is 0 Å². The fourth-order valence-corrected chi connectivity index (χ4v) is 4.96. The van der Waals surface area contributed by atoms with Crippen molar-refractivity contribution in [3.05, 3.63) is 58.6 Å². The van der Waals surface area contributed by atoms with Crippen LogP contribution in [0.2, 0.25) is 0 Å². The van der Waals surface area contributed by atoms with Crippen molar-refractivity contribution in [2.45, 2.75) is 67.2 Å². The van der Waals surface area contributed by atoms with Crippen LogP contribution in [0.4, 0.5) is 5.69 Å². The van der Waals surface area contributed by atoms with Crippen molar-refractivity contribution < 1.29 is 14.3 Å². The molecule has 4 rings (SSSR count). The van der Waals surface area contributed by atoms with Gasteiger partial charge in [-0.2, -0.15) is 0 Å². The zero-order valence-corrected chi connectivity index (χ0v) is 27.7. The molecule has 1 aliphatic carbocycles. The zero-order valence-electron chi connectivity index (χ0n) is 26.9. The number of aryl methyl sites for hydroxylation is 1. The number of nitrogens with two attached hydrogens (primary N) is 1. The van der Waals surface area contributed by atoms with Crippen LogP contribution >= 0.6 is 11.3 Å². The number of nitrogens with zero attached hydrogens (tertiary/aromatic N) is 2. The molecular weight excluding hydrogens is 546 g/mol. The van der Waals surface area contributed by atoms with Crippen molar-refractivity contribution in [1.29, 1.82) is 0 Å². The predicted molar refractivity (Wildman–Crippen MR) is 181 cm³/mol. The number of rotatable bonds is 9. The van der Waals surface area contributed by atoms with E-state index in [2.05, 4.69) is 40.3 Å². The maximum Gasteiger partial charge on any atom is 0.246 e. The molecule has 1 aromatic carbocycles. The Balaban J connectivity index is 0.000000644. The third kappa shape index (κ3) is 14.7. The number of amides is 1. The summed E-state index contributed by atoms with van der Waals surface area (Å²) >= 11 is 1.50. The highest BCUT2D eigenvalue weighted by Crippen LogP contribution is 2.34. The lowest BCUT2D eigenvalue weighted by Gasteiger charge is -2.28. The maximum atomic E-state index is 11.2. The minimum Gasteiger partial charge on any atom is -0.487 e. The Kier molecular flexibility index (Phi) is 22.6. The standard InChI is InChI=1S/C16H19NOS.C10H12N2O2.C3H10N2.2C2H6/c1-3-10(2)11-4-5-15-12(6-11)7-13-8-14(9-18)19-16(13)17-15;1-14-8-11-7-10(13)12-9-5-3-2-4-6-9;1-5-3-2-4;2*1-2/h7-11H,3-6H2,1-2H3;2-6,8H,7H2,1H3,(H,12,13);5H,2-4H2,1H3;2*1-2H3. The summed E-state index contributed by atoms with van der Waals surface area (Å²) in [6.45, 7) is 14.4. The van der Waals surface area contributed by atoms with E-state index in [1.54, 1.807) is 0 Å². The van der Waals surface area contributed by atoms with Crippen molar-refractivity contribution in [3.8, 4) is 0 Å². The Morgan fingerprint density at radius 3 is 2.45 bits per heavy atom. The molecule has 2 unspecified atom stereocenters. The molecule has 1 amide bonds. The number of pyridine rings is 1. The number of anilines is 1. The van der Waals surface area contributed by atoms with Crippen molar-refractivity contribution in [1.82, 2.24) is 10.3 Å². The number of aldehydes is 1. The molecule has 2 atom stereocenters. The number of carbonyl (C=O) groups is 2. The molecule has 234 valence electrons. The van der Waals surface area contributed by atoms with Crippen LogP contribution in [0.1, 0.15) is 75.3 Å². The molecule has 4 N–H and O–H groups in total. The van der Waals surface area contributed by atoms with Gasteiger partial charge in [-0.3, -0.25) is 9.59 Å². The quantitative estimate of drug-likeness (QED) is 0.142. The van der Waals surface area contributed by atoms with E-state index in [-0.39, 0.29) is 12.5 Å². The van der Waals surface area contributed by atoms with E-state index in [9.17, 15) is 9.59 Å². The van der Waals surface area contributed by atoms with Crippen molar-refractivity contribution >= 4 is 45.8 Å². The minimum atomic E-state index is -0.162. The van der Waals surface area contributed by atoms with Gasteiger partial charge in [0.05, 0.1) is 12.0 Å². The number of thiophene rings is 1. The molecule has 0 spiro atoms. The summed E-state index contributed by atoms with van der Waals surface area (Å²) in [4.78, 5) is 32.4. The summed E-state index contributed by atoms with van der Waals surface area (Å²) in [6, 6.07) is 13.5. The highest BCUT2D eigenvalue weighted by Gasteiger charge is 2.24. The number of methoxy groups -OCH3 is 1. The molecular formula is C33H53N5O3S. The summed E-state index contributed by atoms with van der Waals surface area (Å²) in [5, 5.41) is 6.72. The van der Waals surface area contributed by atoms with Crippen molar-refractivity contribution in [2.75, 3.05) is 39.1 Å². The van der Waals surface area contributed by atoms with Crippen LogP contribution in [0.15, 0.2) is 47.5 Å². The van der Waals surface area contributed by atoms with Crippen molar-refractivity contribution in [2.24, 2.45) is 22.6 Å².